The van der Waals surface area contributed by atoms with Crippen molar-refractivity contribution in [2.45, 2.75) is 30.7 Å². The first-order valence-electron chi connectivity index (χ1n) is 6.10. The van der Waals surface area contributed by atoms with Crippen molar-refractivity contribution in [2.75, 3.05) is 6.61 Å². The molecule has 0 unspecified atom stereocenters. The average Bonchev–Trinajstić information content (AvgIpc) is 2.48. The van der Waals surface area contributed by atoms with Gasteiger partial charge in [0.1, 0.15) is 35.7 Å². The monoisotopic (exact) mass is 301 g/mol. The lowest BCUT2D eigenvalue weighted by Crippen LogP contribution is -2.60. The van der Waals surface area contributed by atoms with Gasteiger partial charge < -0.3 is 35.0 Å². The Morgan fingerprint density at radius 2 is 2.00 bits per heavy atom. The number of pyridine rings is 1. The fraction of sp³-hybridized carbons (Fsp3) is 0.500. The van der Waals surface area contributed by atoms with E-state index in [1.54, 1.807) is 0 Å². The maximum atomic E-state index is 11.0. The van der Waals surface area contributed by atoms with Gasteiger partial charge in [-0.25, -0.2) is 4.79 Å². The highest BCUT2D eigenvalue weighted by Crippen LogP contribution is 2.26. The van der Waals surface area contributed by atoms with Crippen molar-refractivity contribution in [2.24, 2.45) is 0 Å². The number of nitrogens with zero attached hydrogens (tertiary/aromatic N) is 1. The minimum atomic E-state index is -1.61. The van der Waals surface area contributed by atoms with Gasteiger partial charge in [0.25, 0.3) is 0 Å². The van der Waals surface area contributed by atoms with Crippen LogP contribution in [0.4, 0.5) is 0 Å². The zero-order chi connectivity index (χ0) is 15.6. The summed E-state index contributed by atoms with van der Waals surface area (Å²) in [5.74, 6) is -1.41. The molecule has 2 heterocycles. The third-order valence-corrected chi connectivity index (χ3v) is 3.10. The highest BCUT2D eigenvalue weighted by molar-refractivity contribution is 5.90. The third-order valence-electron chi connectivity index (χ3n) is 3.10. The summed E-state index contributed by atoms with van der Waals surface area (Å²) in [5, 5.41) is 47.1. The Kier molecular flexibility index (Phi) is 4.70. The molecule has 5 N–H and O–H groups in total. The van der Waals surface area contributed by atoms with Crippen molar-refractivity contribution in [3.8, 4) is 5.75 Å². The van der Waals surface area contributed by atoms with Gasteiger partial charge in [-0.2, -0.15) is 0 Å². The largest absolute Gasteiger partial charge is 0.477 e. The van der Waals surface area contributed by atoms with Gasteiger partial charge in [0.15, 0.2) is 0 Å². The Hall–Kier alpha value is -1.78. The lowest BCUT2D eigenvalue weighted by Gasteiger charge is -2.39. The Bertz CT molecular complexity index is 508. The van der Waals surface area contributed by atoms with Crippen molar-refractivity contribution in [1.82, 2.24) is 4.98 Å². The van der Waals surface area contributed by atoms with Gasteiger partial charge in [-0.05, 0) is 6.07 Å². The molecule has 5 atom stereocenters. The van der Waals surface area contributed by atoms with Crippen LogP contribution in [-0.4, -0.2) is 73.8 Å². The molecule has 1 saturated heterocycles. The van der Waals surface area contributed by atoms with Crippen LogP contribution in [-0.2, 0) is 4.74 Å². The Morgan fingerprint density at radius 1 is 1.29 bits per heavy atom. The normalized spacial score (nSPS) is 32.7. The molecule has 1 aliphatic heterocycles. The summed E-state index contributed by atoms with van der Waals surface area (Å²) in [7, 11) is 0. The van der Waals surface area contributed by atoms with E-state index in [9.17, 15) is 20.1 Å². The van der Waals surface area contributed by atoms with Crippen LogP contribution in [0.15, 0.2) is 18.5 Å². The van der Waals surface area contributed by atoms with Gasteiger partial charge >= 0.3 is 5.97 Å². The maximum absolute atomic E-state index is 11.0. The van der Waals surface area contributed by atoms with Gasteiger partial charge in [0.2, 0.25) is 6.29 Å². The van der Waals surface area contributed by atoms with Gasteiger partial charge in [-0.1, -0.05) is 0 Å². The number of hydrogen-bond acceptors (Lipinski definition) is 8. The van der Waals surface area contributed by atoms with Crippen molar-refractivity contribution < 1.29 is 39.8 Å². The standard InChI is InChI=1S/C12H15NO8/c14-4-7-8(15)9(16)10(17)12(21-7)20-6-1-2-13-3-5(6)11(18)19/h1-3,7-10,12,14-17H,4H2,(H,18,19)/t7-,8-,9+,10-,12-/m1/s1. The van der Waals surface area contributed by atoms with Gasteiger partial charge in [-0.15, -0.1) is 0 Å². The molecule has 116 valence electrons. The molecule has 2 rings (SSSR count). The lowest BCUT2D eigenvalue weighted by molar-refractivity contribution is -0.277. The molecule has 9 heteroatoms. The number of hydrogen-bond donors (Lipinski definition) is 5. The lowest BCUT2D eigenvalue weighted by atomic mass is 9.99. The molecule has 0 aromatic carbocycles. The molecule has 0 spiro atoms. The molecular weight excluding hydrogens is 286 g/mol. The zero-order valence-electron chi connectivity index (χ0n) is 10.7. The summed E-state index contributed by atoms with van der Waals surface area (Å²) < 4.78 is 10.4. The topological polar surface area (TPSA) is 150 Å². The number of aliphatic hydroxyl groups is 4. The molecule has 0 saturated carbocycles. The number of aromatic nitrogens is 1. The van der Waals surface area contributed by atoms with Crippen molar-refractivity contribution >= 4 is 5.97 Å². The van der Waals surface area contributed by atoms with E-state index in [1.165, 1.54) is 12.3 Å². The van der Waals surface area contributed by atoms with Crippen LogP contribution in [0.5, 0.6) is 5.75 Å². The Labute approximate surface area is 119 Å². The molecule has 0 radical (unpaired) electrons. The van der Waals surface area contributed by atoms with Crippen LogP contribution < -0.4 is 4.74 Å². The molecule has 1 aromatic heterocycles. The maximum Gasteiger partial charge on any atom is 0.341 e. The van der Waals surface area contributed by atoms with Crippen LogP contribution in [0.3, 0.4) is 0 Å². The smallest absolute Gasteiger partial charge is 0.341 e. The molecule has 1 fully saturated rings. The Morgan fingerprint density at radius 3 is 2.62 bits per heavy atom. The highest BCUT2D eigenvalue weighted by Gasteiger charge is 2.44. The second-order valence-electron chi connectivity index (χ2n) is 4.49. The summed E-state index contributed by atoms with van der Waals surface area (Å²) in [6.45, 7) is -0.604. The number of aliphatic hydroxyl groups excluding tert-OH is 4. The number of carboxylic acids is 1. The predicted molar refractivity (Wildman–Crippen MR) is 65.6 cm³/mol. The first-order valence-corrected chi connectivity index (χ1v) is 6.10. The van der Waals surface area contributed by atoms with E-state index in [1.807, 2.05) is 0 Å². The van der Waals surface area contributed by atoms with Crippen LogP contribution in [0, 0.1) is 0 Å². The molecule has 0 amide bonds. The summed E-state index contributed by atoms with van der Waals surface area (Å²) in [6, 6.07) is 1.25. The first kappa shape index (κ1) is 15.6. The number of carboxylic acid groups (broad SMARTS) is 1. The van der Waals surface area contributed by atoms with Crippen LogP contribution >= 0.6 is 0 Å². The molecule has 0 bridgehead atoms. The van der Waals surface area contributed by atoms with Crippen molar-refractivity contribution in [1.29, 1.82) is 0 Å². The SMILES string of the molecule is O=C(O)c1cnccc1O[C@@H]1O[C@H](CO)[C@@H](O)[C@H](O)[C@H]1O. The van der Waals surface area contributed by atoms with E-state index in [0.717, 1.165) is 6.20 Å². The number of carbonyl (C=O) groups is 1. The molecular formula is C12H15NO8. The minimum absolute atomic E-state index is 0.123. The number of ether oxygens (including phenoxy) is 2. The van der Waals surface area contributed by atoms with Crippen LogP contribution in [0.2, 0.25) is 0 Å². The molecule has 21 heavy (non-hydrogen) atoms. The minimum Gasteiger partial charge on any atom is -0.477 e. The molecule has 1 aromatic rings. The molecule has 9 nitrogen and oxygen atoms in total. The Balaban J connectivity index is 2.20. The fourth-order valence-corrected chi connectivity index (χ4v) is 1.93. The van der Waals surface area contributed by atoms with Crippen molar-refractivity contribution in [3.63, 3.8) is 0 Å². The highest BCUT2D eigenvalue weighted by atomic mass is 16.7. The van der Waals surface area contributed by atoms with E-state index in [4.69, 9.17) is 19.7 Å². The average molecular weight is 301 g/mol. The molecule has 1 aliphatic rings. The second kappa shape index (κ2) is 6.33. The van der Waals surface area contributed by atoms with E-state index >= 15 is 0 Å². The summed E-state index contributed by atoms with van der Waals surface area (Å²) in [6.07, 6.45) is -4.97. The van der Waals surface area contributed by atoms with E-state index in [-0.39, 0.29) is 11.3 Å². The summed E-state index contributed by atoms with van der Waals surface area (Å²) in [5.41, 5.74) is -0.255. The van der Waals surface area contributed by atoms with Gasteiger partial charge in [-0.3, -0.25) is 4.98 Å². The second-order valence-corrected chi connectivity index (χ2v) is 4.49. The predicted octanol–water partition coefficient (Wildman–Crippen LogP) is -2.04. The summed E-state index contributed by atoms with van der Waals surface area (Å²) in [4.78, 5) is 14.7. The fourth-order valence-electron chi connectivity index (χ4n) is 1.93. The van der Waals surface area contributed by atoms with Crippen LogP contribution in [0.1, 0.15) is 10.4 Å². The first-order chi connectivity index (χ1) is 9.95. The van der Waals surface area contributed by atoms with E-state index < -0.39 is 43.3 Å². The summed E-state index contributed by atoms with van der Waals surface area (Å²) >= 11 is 0. The van der Waals surface area contributed by atoms with E-state index in [0.29, 0.717) is 0 Å². The number of aromatic carboxylic acids is 1. The van der Waals surface area contributed by atoms with E-state index in [2.05, 4.69) is 4.98 Å². The molecule has 0 aliphatic carbocycles. The zero-order valence-corrected chi connectivity index (χ0v) is 10.7. The van der Waals surface area contributed by atoms with Crippen LogP contribution in [0.25, 0.3) is 0 Å². The van der Waals surface area contributed by atoms with Crippen molar-refractivity contribution in [3.05, 3.63) is 24.0 Å². The third kappa shape index (κ3) is 3.12. The number of rotatable bonds is 4. The van der Waals surface area contributed by atoms with Gasteiger partial charge in [0.05, 0.1) is 6.61 Å². The quantitative estimate of drug-likeness (QED) is 0.423. The van der Waals surface area contributed by atoms with Gasteiger partial charge in [0, 0.05) is 12.4 Å².